The van der Waals surface area contributed by atoms with Gasteiger partial charge in [0.05, 0.1) is 37.7 Å². The molecule has 2 heterocycles. The minimum absolute atomic E-state index is 0.0321. The number of nitrogens with zero attached hydrogens (tertiary/aromatic N) is 2. The molecule has 0 bridgehead atoms. The molecular formula is C26H28FN3O6. The fourth-order valence-corrected chi connectivity index (χ4v) is 5.50. The van der Waals surface area contributed by atoms with E-state index < -0.39 is 35.8 Å². The van der Waals surface area contributed by atoms with E-state index in [1.54, 1.807) is 18.2 Å². The lowest BCUT2D eigenvalue weighted by atomic mass is 9.81. The highest BCUT2D eigenvalue weighted by molar-refractivity contribution is 6.18. The van der Waals surface area contributed by atoms with E-state index >= 15 is 0 Å². The van der Waals surface area contributed by atoms with Gasteiger partial charge in [0, 0.05) is 12.0 Å². The molecule has 2 aromatic rings. The Balaban J connectivity index is 1.44. The summed E-state index contributed by atoms with van der Waals surface area (Å²) in [5, 5.41) is 2.80. The van der Waals surface area contributed by atoms with Crippen LogP contribution in [-0.4, -0.2) is 61.8 Å². The Hall–Kier alpha value is -3.66. The Morgan fingerprint density at radius 2 is 1.83 bits per heavy atom. The van der Waals surface area contributed by atoms with Gasteiger partial charge in [-0.2, -0.15) is 0 Å². The maximum absolute atomic E-state index is 13.7. The third-order valence-electron chi connectivity index (χ3n) is 7.17. The molecule has 1 aliphatic carbocycles. The first-order valence-corrected chi connectivity index (χ1v) is 12.0. The zero-order valence-electron chi connectivity index (χ0n) is 20.1. The predicted molar refractivity (Wildman–Crippen MR) is 129 cm³/mol. The van der Waals surface area contributed by atoms with E-state index in [0.29, 0.717) is 17.2 Å². The van der Waals surface area contributed by atoms with Gasteiger partial charge in [0.2, 0.25) is 5.91 Å². The van der Waals surface area contributed by atoms with Crippen molar-refractivity contribution < 1.29 is 33.0 Å². The summed E-state index contributed by atoms with van der Waals surface area (Å²) in [6.07, 6.45) is 2.55. The monoisotopic (exact) mass is 497 g/mol. The molecule has 10 heteroatoms. The second kappa shape index (κ2) is 9.77. The third kappa shape index (κ3) is 4.26. The van der Waals surface area contributed by atoms with Crippen LogP contribution < -0.4 is 19.7 Å². The number of imide groups is 1. The number of fused-ring (bicyclic) bond motifs is 3. The third-order valence-corrected chi connectivity index (χ3v) is 7.17. The zero-order chi connectivity index (χ0) is 25.4. The Morgan fingerprint density at radius 3 is 2.56 bits per heavy atom. The SMILES string of the molecule is COc1ccc(NC(=O)CN2C(=O)N(c3ccc(F)cc3)C(=O)C3OC4CCCCC4C32)c(OC)c1. The molecule has 2 aromatic carbocycles. The molecule has 3 aliphatic rings. The van der Waals surface area contributed by atoms with E-state index in [-0.39, 0.29) is 24.3 Å². The van der Waals surface area contributed by atoms with Gasteiger partial charge in [-0.05, 0) is 49.2 Å². The van der Waals surface area contributed by atoms with Crippen molar-refractivity contribution in [2.45, 2.75) is 43.9 Å². The topological polar surface area (TPSA) is 97.4 Å². The number of rotatable bonds is 6. The second-order valence-corrected chi connectivity index (χ2v) is 9.21. The van der Waals surface area contributed by atoms with Crippen molar-refractivity contribution in [2.75, 3.05) is 31.0 Å². The Morgan fingerprint density at radius 1 is 1.08 bits per heavy atom. The summed E-state index contributed by atoms with van der Waals surface area (Å²) in [5.41, 5.74) is 0.652. The summed E-state index contributed by atoms with van der Waals surface area (Å²) >= 11 is 0. The molecule has 0 aromatic heterocycles. The molecule has 190 valence electrons. The number of carbonyl (C=O) groups is 3. The van der Waals surface area contributed by atoms with Gasteiger partial charge >= 0.3 is 6.03 Å². The standard InChI is InChI=1S/C26H28FN3O6/c1-34-17-11-12-19(21(13-17)35-2)28-22(31)14-29-23-18-5-3-4-6-20(18)36-24(23)25(32)30(26(29)33)16-9-7-15(27)8-10-16/h7-13,18,20,23-24H,3-6,14H2,1-2H3,(H,28,31). The van der Waals surface area contributed by atoms with Gasteiger partial charge < -0.3 is 24.4 Å². The molecule has 0 spiro atoms. The zero-order valence-corrected chi connectivity index (χ0v) is 20.1. The average molecular weight is 498 g/mol. The van der Waals surface area contributed by atoms with Crippen LogP contribution in [0.2, 0.25) is 0 Å². The Kier molecular flexibility index (Phi) is 6.53. The van der Waals surface area contributed by atoms with Crippen LogP contribution >= 0.6 is 0 Å². The Labute approximate surface area is 208 Å². The number of anilines is 2. The smallest absolute Gasteiger partial charge is 0.332 e. The number of hydrogen-bond acceptors (Lipinski definition) is 6. The summed E-state index contributed by atoms with van der Waals surface area (Å²) in [6, 6.07) is 8.92. The van der Waals surface area contributed by atoms with Crippen LogP contribution in [0.5, 0.6) is 11.5 Å². The van der Waals surface area contributed by atoms with Crippen LogP contribution in [0.3, 0.4) is 0 Å². The normalized spacial score (nSPS) is 25.3. The van der Waals surface area contributed by atoms with E-state index in [4.69, 9.17) is 14.2 Å². The molecular weight excluding hydrogens is 469 g/mol. The Bertz CT molecular complexity index is 1170. The molecule has 36 heavy (non-hydrogen) atoms. The van der Waals surface area contributed by atoms with Crippen molar-refractivity contribution in [3.63, 3.8) is 0 Å². The maximum Gasteiger partial charge on any atom is 0.332 e. The predicted octanol–water partition coefficient (Wildman–Crippen LogP) is 3.58. The minimum atomic E-state index is -0.885. The van der Waals surface area contributed by atoms with E-state index in [1.165, 1.54) is 43.4 Å². The summed E-state index contributed by atoms with van der Waals surface area (Å²) in [5.74, 6) is -0.474. The first kappa shape index (κ1) is 24.1. The lowest BCUT2D eigenvalue weighted by molar-refractivity contribution is -0.133. The average Bonchev–Trinajstić information content (AvgIpc) is 3.28. The maximum atomic E-state index is 13.7. The number of nitrogens with one attached hydrogen (secondary N) is 1. The van der Waals surface area contributed by atoms with E-state index in [1.807, 2.05) is 0 Å². The van der Waals surface area contributed by atoms with Gasteiger partial charge in [-0.1, -0.05) is 12.8 Å². The van der Waals surface area contributed by atoms with Crippen molar-refractivity contribution in [2.24, 2.45) is 5.92 Å². The summed E-state index contributed by atoms with van der Waals surface area (Å²) < 4.78 is 30.3. The van der Waals surface area contributed by atoms with Gasteiger partial charge in [0.1, 0.15) is 23.9 Å². The van der Waals surface area contributed by atoms with Crippen molar-refractivity contribution >= 4 is 29.2 Å². The van der Waals surface area contributed by atoms with Crippen LogP contribution in [0.4, 0.5) is 20.6 Å². The molecule has 4 atom stereocenters. The summed E-state index contributed by atoms with van der Waals surface area (Å²) in [6.45, 7) is -0.285. The van der Waals surface area contributed by atoms with Crippen LogP contribution in [0, 0.1) is 11.7 Å². The highest BCUT2D eigenvalue weighted by Gasteiger charge is 2.58. The number of urea groups is 1. The molecule has 5 rings (SSSR count). The summed E-state index contributed by atoms with van der Waals surface area (Å²) in [4.78, 5) is 42.7. The van der Waals surface area contributed by atoms with Crippen LogP contribution in [0.25, 0.3) is 0 Å². The highest BCUT2D eigenvalue weighted by Crippen LogP contribution is 2.43. The van der Waals surface area contributed by atoms with Crippen LogP contribution in [0.15, 0.2) is 42.5 Å². The van der Waals surface area contributed by atoms with Crippen LogP contribution in [-0.2, 0) is 14.3 Å². The number of benzene rings is 2. The van der Waals surface area contributed by atoms with Gasteiger partial charge in [0.25, 0.3) is 5.91 Å². The number of halogens is 1. The minimum Gasteiger partial charge on any atom is -0.497 e. The molecule has 4 amide bonds. The van der Waals surface area contributed by atoms with Crippen molar-refractivity contribution in [1.29, 1.82) is 0 Å². The lowest BCUT2D eigenvalue weighted by Crippen LogP contribution is -2.65. The van der Waals surface area contributed by atoms with Gasteiger partial charge in [-0.25, -0.2) is 14.1 Å². The lowest BCUT2D eigenvalue weighted by Gasteiger charge is -2.42. The number of amides is 4. The molecule has 2 aliphatic heterocycles. The van der Waals surface area contributed by atoms with E-state index in [9.17, 15) is 18.8 Å². The molecule has 3 fully saturated rings. The van der Waals surface area contributed by atoms with Crippen molar-refractivity contribution in [3.8, 4) is 11.5 Å². The molecule has 1 saturated carbocycles. The first-order chi connectivity index (χ1) is 17.4. The van der Waals surface area contributed by atoms with Gasteiger partial charge in [-0.15, -0.1) is 0 Å². The molecule has 0 radical (unpaired) electrons. The molecule has 1 N–H and O–H groups in total. The molecule has 9 nitrogen and oxygen atoms in total. The summed E-state index contributed by atoms with van der Waals surface area (Å²) in [7, 11) is 3.01. The first-order valence-electron chi connectivity index (χ1n) is 12.0. The van der Waals surface area contributed by atoms with Gasteiger partial charge in [-0.3, -0.25) is 9.59 Å². The number of hydrogen-bond donors (Lipinski definition) is 1. The van der Waals surface area contributed by atoms with Crippen molar-refractivity contribution in [3.05, 3.63) is 48.3 Å². The quantitative estimate of drug-likeness (QED) is 0.655. The molecule has 4 unspecified atom stereocenters. The molecule has 2 saturated heterocycles. The van der Waals surface area contributed by atoms with Crippen LogP contribution in [0.1, 0.15) is 25.7 Å². The fourth-order valence-electron chi connectivity index (χ4n) is 5.50. The van der Waals surface area contributed by atoms with E-state index in [2.05, 4.69) is 5.32 Å². The van der Waals surface area contributed by atoms with Gasteiger partial charge in [0.15, 0.2) is 6.10 Å². The van der Waals surface area contributed by atoms with E-state index in [0.717, 1.165) is 30.6 Å². The van der Waals surface area contributed by atoms with Crippen molar-refractivity contribution in [1.82, 2.24) is 4.90 Å². The largest absolute Gasteiger partial charge is 0.497 e. The number of carbonyl (C=O) groups excluding carboxylic acids is 3. The number of ether oxygens (including phenoxy) is 3. The highest BCUT2D eigenvalue weighted by atomic mass is 19.1. The second-order valence-electron chi connectivity index (χ2n) is 9.21. The fraction of sp³-hybridized carbons (Fsp3) is 0.423. The number of methoxy groups -OCH3 is 2.